The molecule has 0 bridgehead atoms. The normalized spacial score (nSPS) is 12.2. The van der Waals surface area contributed by atoms with E-state index in [-0.39, 0.29) is 5.88 Å². The van der Waals surface area contributed by atoms with Crippen molar-refractivity contribution >= 4 is 17.3 Å². The van der Waals surface area contributed by atoms with Gasteiger partial charge in [0, 0.05) is 24.0 Å². The maximum absolute atomic E-state index is 9.38. The fraction of sp³-hybridized carbons (Fsp3) is 0.267. The first kappa shape index (κ1) is 13.8. The summed E-state index contributed by atoms with van der Waals surface area (Å²) >= 11 is 5.54. The molecule has 0 radical (unpaired) electrons. The number of aliphatic hydroxyl groups is 1. The molecule has 100 valence electrons. The molecule has 2 rings (SSSR count). The molecule has 1 heterocycles. The molecule has 0 amide bonds. The molecular formula is C15H17ClN2O. The fourth-order valence-corrected chi connectivity index (χ4v) is 1.93. The summed E-state index contributed by atoms with van der Waals surface area (Å²) in [4.78, 5) is 4.39. The molecule has 1 aromatic heterocycles. The highest BCUT2D eigenvalue weighted by Crippen LogP contribution is 2.22. The first-order valence-corrected chi connectivity index (χ1v) is 6.74. The van der Waals surface area contributed by atoms with E-state index in [1.54, 1.807) is 6.20 Å². The quantitative estimate of drug-likeness (QED) is 0.825. The van der Waals surface area contributed by atoms with E-state index in [4.69, 9.17) is 11.6 Å². The van der Waals surface area contributed by atoms with Crippen molar-refractivity contribution in [1.82, 2.24) is 4.98 Å². The Bertz CT molecular complexity index is 528. The third kappa shape index (κ3) is 3.69. The van der Waals surface area contributed by atoms with Gasteiger partial charge in [0.25, 0.3) is 0 Å². The number of aromatic nitrogens is 1. The lowest BCUT2D eigenvalue weighted by Gasteiger charge is -2.11. The number of rotatable bonds is 5. The Morgan fingerprint density at radius 2 is 2.00 bits per heavy atom. The maximum atomic E-state index is 9.38. The molecule has 3 nitrogen and oxygen atoms in total. The Morgan fingerprint density at radius 1 is 1.26 bits per heavy atom. The summed E-state index contributed by atoms with van der Waals surface area (Å²) in [5.74, 6) is 0.234. The molecule has 0 saturated carbocycles. The summed E-state index contributed by atoms with van der Waals surface area (Å²) in [5.41, 5.74) is 4.19. The molecular weight excluding hydrogens is 260 g/mol. The highest BCUT2D eigenvalue weighted by Gasteiger charge is 2.04. The van der Waals surface area contributed by atoms with Crippen LogP contribution in [0.4, 0.5) is 5.69 Å². The van der Waals surface area contributed by atoms with E-state index in [0.717, 1.165) is 22.5 Å². The largest absolute Gasteiger partial charge is 0.390 e. The molecule has 1 unspecified atom stereocenters. The van der Waals surface area contributed by atoms with E-state index in [0.29, 0.717) is 6.54 Å². The summed E-state index contributed by atoms with van der Waals surface area (Å²) in [6, 6.07) is 12.0. The van der Waals surface area contributed by atoms with Gasteiger partial charge in [-0.15, -0.1) is 11.6 Å². The van der Waals surface area contributed by atoms with Gasteiger partial charge in [-0.1, -0.05) is 18.2 Å². The summed E-state index contributed by atoms with van der Waals surface area (Å²) < 4.78 is 0. The lowest BCUT2D eigenvalue weighted by molar-refractivity contribution is 0.211. The van der Waals surface area contributed by atoms with Crippen LogP contribution in [-0.4, -0.2) is 28.6 Å². The van der Waals surface area contributed by atoms with Gasteiger partial charge in [-0.2, -0.15) is 0 Å². The zero-order valence-corrected chi connectivity index (χ0v) is 11.6. The van der Waals surface area contributed by atoms with Crippen molar-refractivity contribution in [1.29, 1.82) is 0 Å². The van der Waals surface area contributed by atoms with E-state index >= 15 is 0 Å². The average Bonchev–Trinajstić information content (AvgIpc) is 2.46. The van der Waals surface area contributed by atoms with Crippen LogP contribution in [0.2, 0.25) is 0 Å². The van der Waals surface area contributed by atoms with Crippen molar-refractivity contribution < 1.29 is 5.11 Å². The van der Waals surface area contributed by atoms with Crippen LogP contribution in [0.25, 0.3) is 11.3 Å². The molecule has 0 spiro atoms. The smallest absolute Gasteiger partial charge is 0.0847 e. The molecule has 0 aliphatic heterocycles. The molecule has 1 atom stereocenters. The lowest BCUT2D eigenvalue weighted by atomic mass is 10.1. The number of pyridine rings is 1. The van der Waals surface area contributed by atoms with Crippen LogP contribution in [0.1, 0.15) is 5.56 Å². The number of benzene rings is 1. The molecule has 19 heavy (non-hydrogen) atoms. The molecule has 0 aliphatic rings. The number of hydrogen-bond donors (Lipinski definition) is 2. The topological polar surface area (TPSA) is 45.2 Å². The van der Waals surface area contributed by atoms with Crippen LogP contribution in [-0.2, 0) is 0 Å². The van der Waals surface area contributed by atoms with Gasteiger partial charge in [-0.25, -0.2) is 0 Å². The number of nitrogens with zero attached hydrogens (tertiary/aromatic N) is 1. The van der Waals surface area contributed by atoms with Crippen LogP contribution in [0.5, 0.6) is 0 Å². The fourth-order valence-electron chi connectivity index (χ4n) is 1.82. The Balaban J connectivity index is 2.09. The average molecular weight is 277 g/mol. The van der Waals surface area contributed by atoms with Crippen LogP contribution in [0, 0.1) is 6.92 Å². The third-order valence-electron chi connectivity index (χ3n) is 2.89. The highest BCUT2D eigenvalue weighted by atomic mass is 35.5. The number of alkyl halides is 1. The Hall–Kier alpha value is -1.58. The first-order valence-electron chi connectivity index (χ1n) is 6.20. The SMILES string of the molecule is Cc1cccnc1-c1ccc(NCC(O)CCl)cc1. The molecule has 0 saturated heterocycles. The summed E-state index contributed by atoms with van der Waals surface area (Å²) in [6.45, 7) is 2.50. The standard InChI is InChI=1S/C15H17ClN2O/c1-11-3-2-8-17-15(11)12-4-6-13(7-5-12)18-10-14(19)9-16/h2-8,14,18-19H,9-10H2,1H3. The van der Waals surface area contributed by atoms with E-state index in [2.05, 4.69) is 10.3 Å². The van der Waals surface area contributed by atoms with Crippen LogP contribution in [0.15, 0.2) is 42.6 Å². The van der Waals surface area contributed by atoms with Crippen molar-refractivity contribution in [3.63, 3.8) is 0 Å². The Labute approximate surface area is 118 Å². The lowest BCUT2D eigenvalue weighted by Crippen LogP contribution is -2.20. The van der Waals surface area contributed by atoms with Gasteiger partial charge >= 0.3 is 0 Å². The van der Waals surface area contributed by atoms with Crippen LogP contribution in [0.3, 0.4) is 0 Å². The monoisotopic (exact) mass is 276 g/mol. The van der Waals surface area contributed by atoms with Gasteiger partial charge in [0.15, 0.2) is 0 Å². The van der Waals surface area contributed by atoms with Gasteiger partial charge < -0.3 is 10.4 Å². The van der Waals surface area contributed by atoms with Crippen molar-refractivity contribution in [2.45, 2.75) is 13.0 Å². The van der Waals surface area contributed by atoms with Gasteiger partial charge in [-0.3, -0.25) is 4.98 Å². The minimum absolute atomic E-state index is 0.234. The summed E-state index contributed by atoms with van der Waals surface area (Å²) in [5, 5.41) is 12.5. The van der Waals surface area contributed by atoms with Crippen molar-refractivity contribution in [3.05, 3.63) is 48.2 Å². The second-order valence-electron chi connectivity index (χ2n) is 4.44. The molecule has 0 aliphatic carbocycles. The zero-order valence-electron chi connectivity index (χ0n) is 10.8. The number of nitrogens with one attached hydrogen (secondary N) is 1. The third-order valence-corrected chi connectivity index (χ3v) is 3.24. The van der Waals surface area contributed by atoms with E-state index in [1.165, 1.54) is 0 Å². The van der Waals surface area contributed by atoms with Crippen LogP contribution >= 0.6 is 11.6 Å². The van der Waals surface area contributed by atoms with Gasteiger partial charge in [0.1, 0.15) is 0 Å². The molecule has 0 fully saturated rings. The summed E-state index contributed by atoms with van der Waals surface area (Å²) in [7, 11) is 0. The van der Waals surface area contributed by atoms with Crippen molar-refractivity contribution in [2.24, 2.45) is 0 Å². The predicted octanol–water partition coefficient (Wildman–Crippen LogP) is 3.07. The van der Waals surface area contributed by atoms with E-state index in [9.17, 15) is 5.11 Å². The Kier molecular flexibility index (Phi) is 4.77. The minimum Gasteiger partial charge on any atom is -0.390 e. The van der Waals surface area contributed by atoms with Crippen molar-refractivity contribution in [3.8, 4) is 11.3 Å². The zero-order chi connectivity index (χ0) is 13.7. The Morgan fingerprint density at radius 3 is 2.63 bits per heavy atom. The number of halogens is 1. The van der Waals surface area contributed by atoms with Gasteiger partial charge in [0.05, 0.1) is 17.7 Å². The number of anilines is 1. The molecule has 2 aromatic rings. The second kappa shape index (κ2) is 6.55. The molecule has 2 N–H and O–H groups in total. The first-order chi connectivity index (χ1) is 9.20. The predicted molar refractivity (Wildman–Crippen MR) is 79.6 cm³/mol. The molecule has 4 heteroatoms. The van der Waals surface area contributed by atoms with Crippen molar-refractivity contribution in [2.75, 3.05) is 17.7 Å². The number of aryl methyl sites for hydroxylation is 1. The second-order valence-corrected chi connectivity index (χ2v) is 4.74. The van der Waals surface area contributed by atoms with E-state index in [1.807, 2.05) is 43.3 Å². The number of hydrogen-bond acceptors (Lipinski definition) is 3. The molecule has 1 aromatic carbocycles. The minimum atomic E-state index is -0.528. The maximum Gasteiger partial charge on any atom is 0.0847 e. The van der Waals surface area contributed by atoms with Gasteiger partial charge in [-0.05, 0) is 30.7 Å². The summed E-state index contributed by atoms with van der Waals surface area (Å²) in [6.07, 6.45) is 1.27. The highest BCUT2D eigenvalue weighted by molar-refractivity contribution is 6.18. The van der Waals surface area contributed by atoms with Gasteiger partial charge in [0.2, 0.25) is 0 Å². The van der Waals surface area contributed by atoms with E-state index < -0.39 is 6.10 Å². The number of aliphatic hydroxyl groups excluding tert-OH is 1. The van der Waals surface area contributed by atoms with Crippen LogP contribution < -0.4 is 5.32 Å².